The van der Waals surface area contributed by atoms with E-state index in [0.717, 1.165) is 18.7 Å². The fourth-order valence-corrected chi connectivity index (χ4v) is 1.83. The molecule has 2 aromatic rings. The molecule has 0 radical (unpaired) electrons. The second kappa shape index (κ2) is 2.92. The van der Waals surface area contributed by atoms with Crippen LogP contribution in [0.1, 0.15) is 31.0 Å². The van der Waals surface area contributed by atoms with Crippen molar-refractivity contribution in [2.75, 3.05) is 5.73 Å². The molecular formula is C10H11FN4. The third-order valence-electron chi connectivity index (χ3n) is 2.92. The van der Waals surface area contributed by atoms with Gasteiger partial charge in [-0.05, 0) is 12.8 Å². The second-order valence-corrected chi connectivity index (χ2v) is 3.98. The highest BCUT2D eigenvalue weighted by Crippen LogP contribution is 2.34. The first-order valence-corrected chi connectivity index (χ1v) is 5.05. The second-order valence-electron chi connectivity index (χ2n) is 3.98. The van der Waals surface area contributed by atoms with Gasteiger partial charge in [0.1, 0.15) is 5.82 Å². The van der Waals surface area contributed by atoms with Gasteiger partial charge in [-0.15, -0.1) is 0 Å². The van der Waals surface area contributed by atoms with Crippen molar-refractivity contribution in [1.29, 1.82) is 0 Å². The summed E-state index contributed by atoms with van der Waals surface area (Å²) in [5, 5.41) is 4.24. The molecule has 0 amide bonds. The number of nitrogens with two attached hydrogens (primary N) is 1. The molecule has 3 rings (SSSR count). The van der Waals surface area contributed by atoms with Crippen molar-refractivity contribution in [3.05, 3.63) is 23.9 Å². The maximum Gasteiger partial charge on any atom is 0.178 e. The minimum absolute atomic E-state index is 0.341. The van der Waals surface area contributed by atoms with Gasteiger partial charge in [-0.2, -0.15) is 5.10 Å². The molecule has 0 saturated heterocycles. The Labute approximate surface area is 85.9 Å². The number of hydrogen-bond donors (Lipinski definition) is 1. The Bertz CT molecular complexity index is 515. The van der Waals surface area contributed by atoms with E-state index >= 15 is 0 Å². The van der Waals surface area contributed by atoms with Gasteiger partial charge in [0.05, 0.1) is 11.9 Å². The Balaban J connectivity index is 2.16. The van der Waals surface area contributed by atoms with Crippen molar-refractivity contribution in [3.8, 4) is 0 Å². The molecule has 5 heteroatoms. The standard InChI is InChI=1S/C10H11FN4/c11-7-4-8(12)10-13-9(6-2-1-3-6)14-15(10)5-7/h4-6H,1-3,12H2. The van der Waals surface area contributed by atoms with Crippen molar-refractivity contribution >= 4 is 11.3 Å². The van der Waals surface area contributed by atoms with Gasteiger partial charge >= 0.3 is 0 Å². The average molecular weight is 206 g/mol. The van der Waals surface area contributed by atoms with Crippen LogP contribution in [-0.4, -0.2) is 14.6 Å². The highest BCUT2D eigenvalue weighted by molar-refractivity contribution is 5.63. The number of nitrogen functional groups attached to an aromatic ring is 1. The van der Waals surface area contributed by atoms with E-state index < -0.39 is 0 Å². The summed E-state index contributed by atoms with van der Waals surface area (Å²) in [6.07, 6.45) is 4.78. The van der Waals surface area contributed by atoms with Crippen LogP contribution < -0.4 is 5.73 Å². The summed E-state index contributed by atoms with van der Waals surface area (Å²) in [6.45, 7) is 0. The van der Waals surface area contributed by atoms with Crippen molar-refractivity contribution in [3.63, 3.8) is 0 Å². The summed E-state index contributed by atoms with van der Waals surface area (Å²) >= 11 is 0. The summed E-state index contributed by atoms with van der Waals surface area (Å²) in [5.74, 6) is 0.843. The van der Waals surface area contributed by atoms with Gasteiger partial charge in [-0.3, -0.25) is 0 Å². The topological polar surface area (TPSA) is 56.2 Å². The number of aromatic nitrogens is 3. The van der Waals surface area contributed by atoms with Gasteiger partial charge < -0.3 is 5.73 Å². The van der Waals surface area contributed by atoms with Crippen molar-refractivity contribution in [2.45, 2.75) is 25.2 Å². The van der Waals surface area contributed by atoms with Crippen LogP contribution in [0.5, 0.6) is 0 Å². The van der Waals surface area contributed by atoms with Crippen LogP contribution in [0.25, 0.3) is 5.65 Å². The Kier molecular flexibility index (Phi) is 1.68. The van der Waals surface area contributed by atoms with Crippen LogP contribution in [0, 0.1) is 5.82 Å². The van der Waals surface area contributed by atoms with E-state index in [1.165, 1.54) is 23.2 Å². The molecule has 1 aliphatic rings. The molecule has 0 unspecified atom stereocenters. The van der Waals surface area contributed by atoms with Crippen molar-refractivity contribution in [2.24, 2.45) is 0 Å². The van der Waals surface area contributed by atoms with E-state index in [2.05, 4.69) is 10.1 Å². The highest BCUT2D eigenvalue weighted by Gasteiger charge is 2.24. The van der Waals surface area contributed by atoms with Crippen LogP contribution in [0.3, 0.4) is 0 Å². The zero-order valence-corrected chi connectivity index (χ0v) is 8.15. The average Bonchev–Trinajstić information content (AvgIpc) is 2.44. The van der Waals surface area contributed by atoms with Crippen LogP contribution in [-0.2, 0) is 0 Å². The van der Waals surface area contributed by atoms with Gasteiger partial charge in [-0.25, -0.2) is 13.9 Å². The van der Waals surface area contributed by atoms with Gasteiger partial charge in [0.2, 0.25) is 0 Å². The summed E-state index contributed by atoms with van der Waals surface area (Å²) in [7, 11) is 0. The lowest BCUT2D eigenvalue weighted by Crippen LogP contribution is -2.10. The normalized spacial score (nSPS) is 16.9. The maximum absolute atomic E-state index is 13.0. The van der Waals surface area contributed by atoms with E-state index in [4.69, 9.17) is 5.73 Å². The first-order valence-electron chi connectivity index (χ1n) is 5.05. The number of anilines is 1. The molecule has 2 heterocycles. The van der Waals surface area contributed by atoms with E-state index in [9.17, 15) is 4.39 Å². The lowest BCUT2D eigenvalue weighted by molar-refractivity contribution is 0.401. The van der Waals surface area contributed by atoms with Crippen molar-refractivity contribution in [1.82, 2.24) is 14.6 Å². The van der Waals surface area contributed by atoms with Crippen LogP contribution in [0.15, 0.2) is 12.3 Å². The number of nitrogens with zero attached hydrogens (tertiary/aromatic N) is 3. The number of pyridine rings is 1. The Hall–Kier alpha value is -1.65. The third kappa shape index (κ3) is 1.26. The molecule has 0 spiro atoms. The van der Waals surface area contributed by atoms with E-state index in [-0.39, 0.29) is 5.82 Å². The molecule has 2 aromatic heterocycles. The lowest BCUT2D eigenvalue weighted by atomic mass is 9.85. The Morgan fingerprint density at radius 1 is 1.47 bits per heavy atom. The Morgan fingerprint density at radius 3 is 2.93 bits per heavy atom. The number of hydrogen-bond acceptors (Lipinski definition) is 3. The number of fused-ring (bicyclic) bond motifs is 1. The quantitative estimate of drug-likeness (QED) is 0.772. The smallest absolute Gasteiger partial charge is 0.178 e. The molecule has 1 saturated carbocycles. The van der Waals surface area contributed by atoms with Gasteiger partial charge in [0.25, 0.3) is 0 Å². The third-order valence-corrected chi connectivity index (χ3v) is 2.92. The van der Waals surface area contributed by atoms with Crippen LogP contribution >= 0.6 is 0 Å². The van der Waals surface area contributed by atoms with Crippen molar-refractivity contribution < 1.29 is 4.39 Å². The predicted molar refractivity (Wildman–Crippen MR) is 53.9 cm³/mol. The highest BCUT2D eigenvalue weighted by atomic mass is 19.1. The fourth-order valence-electron chi connectivity index (χ4n) is 1.83. The molecule has 4 nitrogen and oxygen atoms in total. The first kappa shape index (κ1) is 8.64. The molecule has 0 aliphatic heterocycles. The predicted octanol–water partition coefficient (Wildman–Crippen LogP) is 1.72. The van der Waals surface area contributed by atoms with Crippen LogP contribution in [0.2, 0.25) is 0 Å². The molecule has 2 N–H and O–H groups in total. The molecule has 78 valence electrons. The van der Waals surface area contributed by atoms with E-state index in [1.807, 2.05) is 0 Å². The van der Waals surface area contributed by atoms with E-state index in [0.29, 0.717) is 17.3 Å². The molecule has 0 bridgehead atoms. The zero-order valence-electron chi connectivity index (χ0n) is 8.15. The number of rotatable bonds is 1. The van der Waals surface area contributed by atoms with Gasteiger partial charge in [0, 0.05) is 12.0 Å². The monoisotopic (exact) mass is 206 g/mol. The minimum atomic E-state index is -0.384. The summed E-state index contributed by atoms with van der Waals surface area (Å²) in [6, 6.07) is 1.27. The largest absolute Gasteiger partial charge is 0.396 e. The van der Waals surface area contributed by atoms with E-state index in [1.54, 1.807) is 0 Å². The molecular weight excluding hydrogens is 195 g/mol. The zero-order chi connectivity index (χ0) is 10.4. The molecule has 0 atom stereocenters. The molecule has 1 aliphatic carbocycles. The molecule has 1 fully saturated rings. The SMILES string of the molecule is Nc1cc(F)cn2nc(C3CCC3)nc12. The fraction of sp³-hybridized carbons (Fsp3) is 0.400. The lowest BCUT2D eigenvalue weighted by Gasteiger charge is -2.21. The molecule has 0 aromatic carbocycles. The molecule has 15 heavy (non-hydrogen) atoms. The first-order chi connectivity index (χ1) is 7.24. The number of halogens is 1. The van der Waals surface area contributed by atoms with Gasteiger partial charge in [-0.1, -0.05) is 6.42 Å². The summed E-state index contributed by atoms with van der Waals surface area (Å²) in [4.78, 5) is 4.34. The summed E-state index contributed by atoms with van der Waals surface area (Å²) < 4.78 is 14.5. The summed E-state index contributed by atoms with van der Waals surface area (Å²) in [5.41, 5.74) is 6.56. The Morgan fingerprint density at radius 2 is 2.27 bits per heavy atom. The van der Waals surface area contributed by atoms with Gasteiger partial charge in [0.15, 0.2) is 11.5 Å². The minimum Gasteiger partial charge on any atom is -0.396 e. The maximum atomic E-state index is 13.0. The van der Waals surface area contributed by atoms with Crippen LogP contribution in [0.4, 0.5) is 10.1 Å².